The summed E-state index contributed by atoms with van der Waals surface area (Å²) >= 11 is 0. The molecule has 1 aromatic carbocycles. The molecule has 0 bridgehead atoms. The molecule has 3 rings (SSSR count). The van der Waals surface area contributed by atoms with Crippen molar-refractivity contribution in [2.24, 2.45) is 5.92 Å². The molecule has 1 unspecified atom stereocenters. The lowest BCUT2D eigenvalue weighted by Crippen LogP contribution is -2.39. The maximum atomic E-state index is 12.9. The van der Waals surface area contributed by atoms with Crippen LogP contribution in [0.1, 0.15) is 32.1 Å². The Kier molecular flexibility index (Phi) is 4.69. The van der Waals surface area contributed by atoms with E-state index in [2.05, 4.69) is 17.1 Å². The molecule has 5 nitrogen and oxygen atoms in total. The fraction of sp³-hybridized carbons (Fsp3) is 0.471. The molecule has 0 spiro atoms. The molecule has 23 heavy (non-hydrogen) atoms. The summed E-state index contributed by atoms with van der Waals surface area (Å²) in [5, 5.41) is 7.92. The van der Waals surface area contributed by atoms with E-state index in [9.17, 15) is 9.18 Å². The van der Waals surface area contributed by atoms with Gasteiger partial charge >= 0.3 is 0 Å². The lowest BCUT2D eigenvalue weighted by atomic mass is 10.00. The Hall–Kier alpha value is -2.24. The number of likely N-dealkylation sites (tertiary alicyclic amines) is 1. The molecule has 1 amide bonds. The van der Waals surface area contributed by atoms with Gasteiger partial charge in [0.05, 0.1) is 0 Å². The van der Waals surface area contributed by atoms with E-state index in [1.54, 1.807) is 12.1 Å². The molecule has 0 radical (unpaired) electrons. The first-order chi connectivity index (χ1) is 11.1. The predicted molar refractivity (Wildman–Crippen MR) is 83.0 cm³/mol. The highest BCUT2D eigenvalue weighted by Gasteiger charge is 2.21. The molecule has 1 aromatic heterocycles. The first kappa shape index (κ1) is 15.6. The molecule has 1 atom stereocenters. The third-order valence-electron chi connectivity index (χ3n) is 4.12. The highest BCUT2D eigenvalue weighted by atomic mass is 19.1. The molecule has 1 aliphatic rings. The predicted octanol–water partition coefficient (Wildman–Crippen LogP) is 3.07. The van der Waals surface area contributed by atoms with Crippen molar-refractivity contribution in [3.63, 3.8) is 0 Å². The first-order valence-electron chi connectivity index (χ1n) is 7.98. The van der Waals surface area contributed by atoms with Gasteiger partial charge in [-0.1, -0.05) is 6.92 Å². The minimum atomic E-state index is -0.310. The van der Waals surface area contributed by atoms with Crippen LogP contribution in [0, 0.1) is 11.7 Å². The SMILES string of the molecule is CC1CCCN(C(=O)CCc2nnc(-c3ccc(F)cc3)o2)C1. The zero-order valence-electron chi connectivity index (χ0n) is 13.2. The average Bonchev–Trinajstić information content (AvgIpc) is 3.02. The van der Waals surface area contributed by atoms with Gasteiger partial charge in [-0.05, 0) is 43.0 Å². The maximum absolute atomic E-state index is 12.9. The Morgan fingerprint density at radius 3 is 2.87 bits per heavy atom. The van der Waals surface area contributed by atoms with Gasteiger partial charge in [-0.3, -0.25) is 4.79 Å². The molecule has 0 N–H and O–H groups in total. The van der Waals surface area contributed by atoms with Crippen molar-refractivity contribution in [2.45, 2.75) is 32.6 Å². The number of hydrogen-bond acceptors (Lipinski definition) is 4. The summed E-state index contributed by atoms with van der Waals surface area (Å²) in [6.45, 7) is 3.85. The van der Waals surface area contributed by atoms with Crippen LogP contribution in [-0.2, 0) is 11.2 Å². The lowest BCUT2D eigenvalue weighted by molar-refractivity contribution is -0.132. The zero-order valence-corrected chi connectivity index (χ0v) is 13.2. The molecule has 122 valence electrons. The van der Waals surface area contributed by atoms with E-state index in [1.165, 1.54) is 18.6 Å². The second-order valence-electron chi connectivity index (χ2n) is 6.10. The van der Waals surface area contributed by atoms with Gasteiger partial charge in [-0.2, -0.15) is 0 Å². The molecular formula is C17H20FN3O2. The van der Waals surface area contributed by atoms with Crippen molar-refractivity contribution in [2.75, 3.05) is 13.1 Å². The van der Waals surface area contributed by atoms with E-state index in [0.29, 0.717) is 36.1 Å². The molecule has 6 heteroatoms. The van der Waals surface area contributed by atoms with Gasteiger partial charge < -0.3 is 9.32 Å². The Morgan fingerprint density at radius 2 is 2.13 bits per heavy atom. The number of aromatic nitrogens is 2. The van der Waals surface area contributed by atoms with Gasteiger partial charge in [0, 0.05) is 31.5 Å². The summed E-state index contributed by atoms with van der Waals surface area (Å²) in [5.41, 5.74) is 0.668. The summed E-state index contributed by atoms with van der Waals surface area (Å²) in [5.74, 6) is 1.18. The molecular weight excluding hydrogens is 297 g/mol. The number of rotatable bonds is 4. The van der Waals surface area contributed by atoms with E-state index in [4.69, 9.17) is 4.42 Å². The fourth-order valence-electron chi connectivity index (χ4n) is 2.85. The molecule has 1 aliphatic heterocycles. The first-order valence-corrected chi connectivity index (χ1v) is 7.98. The number of amides is 1. The number of aryl methyl sites for hydroxylation is 1. The van der Waals surface area contributed by atoms with Crippen LogP contribution in [0.25, 0.3) is 11.5 Å². The van der Waals surface area contributed by atoms with Crippen LogP contribution in [0.15, 0.2) is 28.7 Å². The van der Waals surface area contributed by atoms with E-state index >= 15 is 0 Å². The topological polar surface area (TPSA) is 59.2 Å². The highest BCUT2D eigenvalue weighted by Crippen LogP contribution is 2.20. The van der Waals surface area contributed by atoms with Crippen LogP contribution in [0.2, 0.25) is 0 Å². The van der Waals surface area contributed by atoms with Crippen molar-refractivity contribution in [1.82, 2.24) is 15.1 Å². The Balaban J connectivity index is 1.56. The van der Waals surface area contributed by atoms with Gasteiger partial charge in [-0.15, -0.1) is 10.2 Å². The number of halogens is 1. The fourth-order valence-corrected chi connectivity index (χ4v) is 2.85. The molecule has 2 heterocycles. The smallest absolute Gasteiger partial charge is 0.247 e. The Labute approximate surface area is 134 Å². The highest BCUT2D eigenvalue weighted by molar-refractivity contribution is 5.76. The van der Waals surface area contributed by atoms with Crippen LogP contribution < -0.4 is 0 Å². The Bertz CT molecular complexity index is 669. The summed E-state index contributed by atoms with van der Waals surface area (Å²) in [6.07, 6.45) is 3.06. The normalized spacial score (nSPS) is 18.2. The van der Waals surface area contributed by atoms with Crippen molar-refractivity contribution in [3.05, 3.63) is 36.0 Å². The molecule has 2 aromatic rings. The van der Waals surface area contributed by atoms with Crippen molar-refractivity contribution in [1.29, 1.82) is 0 Å². The summed E-state index contributed by atoms with van der Waals surface area (Å²) in [4.78, 5) is 14.1. The van der Waals surface area contributed by atoms with E-state index in [-0.39, 0.29) is 11.7 Å². The number of carbonyl (C=O) groups is 1. The van der Waals surface area contributed by atoms with Gasteiger partial charge in [0.2, 0.25) is 17.7 Å². The maximum Gasteiger partial charge on any atom is 0.247 e. The minimum absolute atomic E-state index is 0.137. The van der Waals surface area contributed by atoms with Crippen LogP contribution in [0.5, 0.6) is 0 Å². The third kappa shape index (κ3) is 3.94. The number of piperidine rings is 1. The van der Waals surface area contributed by atoms with Crippen LogP contribution >= 0.6 is 0 Å². The largest absolute Gasteiger partial charge is 0.421 e. The van der Waals surface area contributed by atoms with Crippen molar-refractivity contribution >= 4 is 5.91 Å². The van der Waals surface area contributed by atoms with Crippen LogP contribution in [0.3, 0.4) is 0 Å². The van der Waals surface area contributed by atoms with Gasteiger partial charge in [0.25, 0.3) is 0 Å². The van der Waals surface area contributed by atoms with Crippen LogP contribution in [0.4, 0.5) is 4.39 Å². The van der Waals surface area contributed by atoms with E-state index < -0.39 is 0 Å². The Morgan fingerprint density at radius 1 is 1.35 bits per heavy atom. The third-order valence-corrected chi connectivity index (χ3v) is 4.12. The molecule has 0 aliphatic carbocycles. The number of benzene rings is 1. The number of hydrogen-bond donors (Lipinski definition) is 0. The van der Waals surface area contributed by atoms with E-state index in [1.807, 2.05) is 4.90 Å². The monoisotopic (exact) mass is 317 g/mol. The zero-order chi connectivity index (χ0) is 16.2. The molecule has 1 fully saturated rings. The van der Waals surface area contributed by atoms with Crippen molar-refractivity contribution < 1.29 is 13.6 Å². The summed E-state index contributed by atoms with van der Waals surface area (Å²) < 4.78 is 18.5. The minimum Gasteiger partial charge on any atom is -0.421 e. The second kappa shape index (κ2) is 6.89. The molecule has 1 saturated heterocycles. The summed E-state index contributed by atoms with van der Waals surface area (Å²) in [6, 6.07) is 5.88. The number of nitrogens with zero attached hydrogens (tertiary/aromatic N) is 3. The lowest BCUT2D eigenvalue weighted by Gasteiger charge is -2.30. The second-order valence-corrected chi connectivity index (χ2v) is 6.10. The quantitative estimate of drug-likeness (QED) is 0.869. The average molecular weight is 317 g/mol. The molecule has 0 saturated carbocycles. The van der Waals surface area contributed by atoms with Gasteiger partial charge in [0.1, 0.15) is 5.82 Å². The standard InChI is InChI=1S/C17H20FN3O2/c1-12-3-2-10-21(11-12)16(22)9-8-15-19-20-17(23-15)13-4-6-14(18)7-5-13/h4-7,12H,2-3,8-11H2,1H3. The van der Waals surface area contributed by atoms with Gasteiger partial charge in [0.15, 0.2) is 0 Å². The summed E-state index contributed by atoms with van der Waals surface area (Å²) in [7, 11) is 0. The van der Waals surface area contributed by atoms with Crippen molar-refractivity contribution in [3.8, 4) is 11.5 Å². The van der Waals surface area contributed by atoms with Crippen LogP contribution in [-0.4, -0.2) is 34.1 Å². The number of carbonyl (C=O) groups excluding carboxylic acids is 1. The van der Waals surface area contributed by atoms with E-state index in [0.717, 1.165) is 19.5 Å². The van der Waals surface area contributed by atoms with Gasteiger partial charge in [-0.25, -0.2) is 4.39 Å².